The Labute approximate surface area is 109 Å². The molecule has 1 unspecified atom stereocenters. The second-order valence-corrected chi connectivity index (χ2v) is 4.83. The third-order valence-electron chi connectivity index (χ3n) is 3.18. The van der Waals surface area contributed by atoms with Crippen LogP contribution < -0.4 is 5.32 Å². The monoisotopic (exact) mass is 255 g/mol. The first kappa shape index (κ1) is 15.1. The van der Waals surface area contributed by atoms with Crippen molar-refractivity contribution in [3.05, 3.63) is 35.4 Å². The van der Waals surface area contributed by atoms with Gasteiger partial charge in [0.1, 0.15) is 11.6 Å². The van der Waals surface area contributed by atoms with Crippen LogP contribution in [0.25, 0.3) is 0 Å². The lowest BCUT2D eigenvalue weighted by atomic mass is 10.1. The van der Waals surface area contributed by atoms with Crippen molar-refractivity contribution >= 4 is 0 Å². The summed E-state index contributed by atoms with van der Waals surface area (Å²) in [6, 6.07) is 4.28. The van der Waals surface area contributed by atoms with Gasteiger partial charge in [0, 0.05) is 18.2 Å². The van der Waals surface area contributed by atoms with Crippen LogP contribution in [0.5, 0.6) is 0 Å². The lowest BCUT2D eigenvalue weighted by molar-refractivity contribution is 0.463. The molecular weight excluding hydrogens is 232 g/mol. The third-order valence-corrected chi connectivity index (χ3v) is 3.18. The largest absolute Gasteiger partial charge is 0.310 e. The van der Waals surface area contributed by atoms with Crippen molar-refractivity contribution in [2.24, 2.45) is 0 Å². The highest BCUT2D eigenvalue weighted by molar-refractivity contribution is 5.19. The molecule has 0 fully saturated rings. The number of hydrogen-bond acceptors (Lipinski definition) is 1. The fourth-order valence-corrected chi connectivity index (χ4v) is 1.96. The van der Waals surface area contributed by atoms with E-state index in [2.05, 4.69) is 19.2 Å². The van der Waals surface area contributed by atoms with Gasteiger partial charge in [-0.15, -0.1) is 0 Å². The Morgan fingerprint density at radius 3 is 2.39 bits per heavy atom. The van der Waals surface area contributed by atoms with Gasteiger partial charge in [-0.05, 0) is 25.5 Å². The fraction of sp³-hybridized carbons (Fsp3) is 0.600. The molecule has 0 aliphatic carbocycles. The summed E-state index contributed by atoms with van der Waals surface area (Å²) in [4.78, 5) is 0. The van der Waals surface area contributed by atoms with Crippen molar-refractivity contribution in [3.63, 3.8) is 0 Å². The van der Waals surface area contributed by atoms with Crippen LogP contribution in [0.4, 0.5) is 8.78 Å². The SMILES string of the molecule is CCCCCCC(C)NCc1c(F)cccc1F. The number of benzene rings is 1. The molecule has 0 aliphatic heterocycles. The number of nitrogens with one attached hydrogen (secondary N) is 1. The molecule has 1 nitrogen and oxygen atoms in total. The zero-order chi connectivity index (χ0) is 13.4. The minimum absolute atomic E-state index is 0.137. The Balaban J connectivity index is 2.31. The summed E-state index contributed by atoms with van der Waals surface area (Å²) in [5.74, 6) is -0.943. The van der Waals surface area contributed by atoms with Crippen LogP contribution in [0, 0.1) is 11.6 Å². The predicted octanol–water partition coefficient (Wildman–Crippen LogP) is 4.41. The van der Waals surface area contributed by atoms with E-state index in [1.807, 2.05) is 0 Å². The topological polar surface area (TPSA) is 12.0 Å². The van der Waals surface area contributed by atoms with E-state index in [-0.39, 0.29) is 12.1 Å². The van der Waals surface area contributed by atoms with E-state index < -0.39 is 11.6 Å². The van der Waals surface area contributed by atoms with Crippen LogP contribution in [0.15, 0.2) is 18.2 Å². The van der Waals surface area contributed by atoms with Crippen molar-refractivity contribution in [1.29, 1.82) is 0 Å². The lowest BCUT2D eigenvalue weighted by Gasteiger charge is -2.14. The smallest absolute Gasteiger partial charge is 0.130 e. The Morgan fingerprint density at radius 2 is 1.78 bits per heavy atom. The summed E-state index contributed by atoms with van der Waals surface area (Å²) in [5.41, 5.74) is 0.137. The van der Waals surface area contributed by atoms with Gasteiger partial charge in [0.2, 0.25) is 0 Å². The average molecular weight is 255 g/mol. The summed E-state index contributed by atoms with van der Waals surface area (Å²) in [6.45, 7) is 4.50. The van der Waals surface area contributed by atoms with Crippen molar-refractivity contribution in [1.82, 2.24) is 5.32 Å². The molecule has 0 bridgehead atoms. The molecule has 1 aromatic rings. The molecule has 1 aromatic carbocycles. The molecule has 0 spiro atoms. The molecule has 0 radical (unpaired) electrons. The Hall–Kier alpha value is -0.960. The number of hydrogen-bond donors (Lipinski definition) is 1. The van der Waals surface area contributed by atoms with E-state index in [9.17, 15) is 8.78 Å². The zero-order valence-corrected chi connectivity index (χ0v) is 11.3. The molecule has 1 atom stereocenters. The number of halogens is 2. The molecule has 0 saturated heterocycles. The van der Waals surface area contributed by atoms with Crippen LogP contribution in [0.1, 0.15) is 51.5 Å². The van der Waals surface area contributed by atoms with Crippen molar-refractivity contribution in [3.8, 4) is 0 Å². The normalized spacial score (nSPS) is 12.7. The van der Waals surface area contributed by atoms with E-state index in [1.54, 1.807) is 0 Å². The summed E-state index contributed by atoms with van der Waals surface area (Å²) < 4.78 is 26.7. The first-order valence-corrected chi connectivity index (χ1v) is 6.81. The maximum absolute atomic E-state index is 13.4. The molecular formula is C15H23F2N. The van der Waals surface area contributed by atoms with E-state index in [4.69, 9.17) is 0 Å². The van der Waals surface area contributed by atoms with Crippen molar-refractivity contribution < 1.29 is 8.78 Å². The summed E-state index contributed by atoms with van der Waals surface area (Å²) in [6.07, 6.45) is 5.94. The second-order valence-electron chi connectivity index (χ2n) is 4.83. The van der Waals surface area contributed by atoms with Gasteiger partial charge in [-0.2, -0.15) is 0 Å². The van der Waals surface area contributed by atoms with Crippen LogP contribution >= 0.6 is 0 Å². The Morgan fingerprint density at radius 1 is 1.11 bits per heavy atom. The molecule has 0 amide bonds. The summed E-state index contributed by atoms with van der Waals surface area (Å²) >= 11 is 0. The minimum Gasteiger partial charge on any atom is -0.310 e. The van der Waals surface area contributed by atoms with Crippen LogP contribution in [-0.4, -0.2) is 6.04 Å². The first-order valence-electron chi connectivity index (χ1n) is 6.81. The van der Waals surface area contributed by atoms with E-state index >= 15 is 0 Å². The maximum Gasteiger partial charge on any atom is 0.130 e. The highest BCUT2D eigenvalue weighted by Crippen LogP contribution is 2.12. The minimum atomic E-state index is -0.472. The van der Waals surface area contributed by atoms with Crippen LogP contribution in [0.3, 0.4) is 0 Å². The first-order chi connectivity index (χ1) is 8.65. The van der Waals surface area contributed by atoms with Crippen molar-refractivity contribution in [2.45, 2.75) is 58.5 Å². The fourth-order valence-electron chi connectivity index (χ4n) is 1.96. The standard InChI is InChI=1S/C15H23F2N/c1-3-4-5-6-8-12(2)18-11-13-14(16)9-7-10-15(13)17/h7,9-10,12,18H,3-6,8,11H2,1-2H3. The van der Waals surface area contributed by atoms with Crippen molar-refractivity contribution in [2.75, 3.05) is 0 Å². The second kappa shape index (κ2) is 8.20. The van der Waals surface area contributed by atoms with E-state index in [0.717, 1.165) is 6.42 Å². The number of rotatable bonds is 8. The molecule has 1 rings (SSSR count). The molecule has 102 valence electrons. The highest BCUT2D eigenvalue weighted by atomic mass is 19.1. The molecule has 0 heterocycles. The molecule has 0 aromatic heterocycles. The highest BCUT2D eigenvalue weighted by Gasteiger charge is 2.09. The molecule has 1 N–H and O–H groups in total. The molecule has 3 heteroatoms. The average Bonchev–Trinajstić information content (AvgIpc) is 2.34. The van der Waals surface area contributed by atoms with Crippen LogP contribution in [0.2, 0.25) is 0 Å². The maximum atomic E-state index is 13.4. The van der Waals surface area contributed by atoms with Gasteiger partial charge >= 0.3 is 0 Å². The molecule has 18 heavy (non-hydrogen) atoms. The summed E-state index contributed by atoms with van der Waals surface area (Å²) in [5, 5.41) is 3.18. The van der Waals surface area contributed by atoms with Crippen LogP contribution in [-0.2, 0) is 6.54 Å². The zero-order valence-electron chi connectivity index (χ0n) is 11.3. The van der Waals surface area contributed by atoms with E-state index in [0.29, 0.717) is 6.04 Å². The molecule has 0 saturated carbocycles. The molecule has 0 aliphatic rings. The van der Waals surface area contributed by atoms with Gasteiger partial charge in [-0.1, -0.05) is 38.7 Å². The van der Waals surface area contributed by atoms with Gasteiger partial charge in [-0.3, -0.25) is 0 Å². The predicted molar refractivity (Wildman–Crippen MR) is 71.4 cm³/mol. The quantitative estimate of drug-likeness (QED) is 0.678. The third kappa shape index (κ3) is 5.13. The Bertz CT molecular complexity index is 332. The lowest BCUT2D eigenvalue weighted by Crippen LogP contribution is -2.26. The van der Waals surface area contributed by atoms with Gasteiger partial charge in [-0.25, -0.2) is 8.78 Å². The van der Waals surface area contributed by atoms with Gasteiger partial charge < -0.3 is 5.32 Å². The van der Waals surface area contributed by atoms with Gasteiger partial charge in [0.15, 0.2) is 0 Å². The van der Waals surface area contributed by atoms with Gasteiger partial charge in [0.25, 0.3) is 0 Å². The Kier molecular flexibility index (Phi) is 6.88. The van der Waals surface area contributed by atoms with E-state index in [1.165, 1.54) is 43.9 Å². The summed E-state index contributed by atoms with van der Waals surface area (Å²) in [7, 11) is 0. The number of unbranched alkanes of at least 4 members (excludes halogenated alkanes) is 3. The van der Waals surface area contributed by atoms with Gasteiger partial charge in [0.05, 0.1) is 0 Å².